The molecule has 132 valence electrons. The average molecular weight is 358 g/mol. The van der Waals surface area contributed by atoms with Gasteiger partial charge in [-0.3, -0.25) is 4.79 Å². The van der Waals surface area contributed by atoms with Crippen LogP contribution in [0.15, 0.2) is 36.4 Å². The first kappa shape index (κ1) is 17.6. The molecule has 1 fully saturated rings. The second-order valence-corrected chi connectivity index (χ2v) is 7.16. The van der Waals surface area contributed by atoms with Crippen LogP contribution < -0.4 is 16.0 Å². The molecule has 0 spiro atoms. The fraction of sp³-hybridized carbons (Fsp3) is 0.350. The van der Waals surface area contributed by atoms with E-state index < -0.39 is 0 Å². The number of carbonyl (C=O) groups excluding carboxylic acids is 1. The number of amides is 1. The van der Waals surface area contributed by atoms with Crippen LogP contribution in [0.1, 0.15) is 42.1 Å². The Morgan fingerprint density at radius 2 is 2.08 bits per heavy atom. The summed E-state index contributed by atoms with van der Waals surface area (Å²) in [7, 11) is 0. The van der Waals surface area contributed by atoms with E-state index in [0.29, 0.717) is 28.0 Å². The van der Waals surface area contributed by atoms with Crippen molar-refractivity contribution >= 4 is 34.6 Å². The molecule has 1 aliphatic heterocycles. The summed E-state index contributed by atoms with van der Waals surface area (Å²) < 4.78 is 0. The molecule has 2 aromatic rings. The van der Waals surface area contributed by atoms with Crippen LogP contribution in [0.4, 0.5) is 17.1 Å². The third-order valence-corrected chi connectivity index (χ3v) is 5.07. The van der Waals surface area contributed by atoms with E-state index in [2.05, 4.69) is 17.1 Å². The molecule has 1 amide bonds. The van der Waals surface area contributed by atoms with Gasteiger partial charge in [0.2, 0.25) is 0 Å². The van der Waals surface area contributed by atoms with Gasteiger partial charge in [-0.1, -0.05) is 29.3 Å². The number of nitrogens with two attached hydrogens (primary N) is 1. The lowest BCUT2D eigenvalue weighted by Crippen LogP contribution is -2.37. The van der Waals surface area contributed by atoms with Crippen LogP contribution in [-0.2, 0) is 0 Å². The Morgan fingerprint density at radius 1 is 1.28 bits per heavy atom. The quantitative estimate of drug-likeness (QED) is 0.771. The number of nitrogens with zero attached hydrogens (tertiary/aromatic N) is 1. The summed E-state index contributed by atoms with van der Waals surface area (Å²) in [5, 5.41) is 3.37. The predicted molar refractivity (Wildman–Crippen MR) is 106 cm³/mol. The molecule has 1 saturated heterocycles. The Morgan fingerprint density at radius 3 is 2.80 bits per heavy atom. The van der Waals surface area contributed by atoms with Crippen molar-refractivity contribution in [3.05, 3.63) is 52.5 Å². The summed E-state index contributed by atoms with van der Waals surface area (Å²) in [6.45, 7) is 5.14. The number of nitrogen functional groups attached to an aromatic ring is 1. The SMILES string of the molecule is Cc1cccc(C(=O)Nc2cc(N3CCCC[C@@H]3C)c(N)cc2Cl)c1. The van der Waals surface area contributed by atoms with Gasteiger partial charge in [0.15, 0.2) is 0 Å². The zero-order valence-corrected chi connectivity index (χ0v) is 15.4. The van der Waals surface area contributed by atoms with Gasteiger partial charge in [-0.05, 0) is 57.4 Å². The summed E-state index contributed by atoms with van der Waals surface area (Å²) in [5.41, 5.74) is 10.0. The lowest BCUT2D eigenvalue weighted by Gasteiger charge is -2.36. The third kappa shape index (κ3) is 3.90. The number of hydrogen-bond acceptors (Lipinski definition) is 3. The van der Waals surface area contributed by atoms with E-state index in [1.54, 1.807) is 12.1 Å². The van der Waals surface area contributed by atoms with Crippen LogP contribution in [-0.4, -0.2) is 18.5 Å². The minimum Gasteiger partial charge on any atom is -0.397 e. The van der Waals surface area contributed by atoms with Gasteiger partial charge in [0.25, 0.3) is 5.91 Å². The highest BCUT2D eigenvalue weighted by atomic mass is 35.5. The van der Waals surface area contributed by atoms with Gasteiger partial charge in [0, 0.05) is 18.2 Å². The number of rotatable bonds is 3. The Balaban J connectivity index is 1.88. The van der Waals surface area contributed by atoms with Crippen LogP contribution >= 0.6 is 11.6 Å². The van der Waals surface area contributed by atoms with E-state index in [0.717, 1.165) is 30.6 Å². The molecule has 0 unspecified atom stereocenters. The van der Waals surface area contributed by atoms with Gasteiger partial charge in [-0.2, -0.15) is 0 Å². The minimum absolute atomic E-state index is 0.173. The van der Waals surface area contributed by atoms with Crippen molar-refractivity contribution in [3.8, 4) is 0 Å². The van der Waals surface area contributed by atoms with E-state index >= 15 is 0 Å². The molecule has 1 atom stereocenters. The molecular weight excluding hydrogens is 334 g/mol. The second-order valence-electron chi connectivity index (χ2n) is 6.75. The summed E-state index contributed by atoms with van der Waals surface area (Å²) in [6.07, 6.45) is 3.53. The molecule has 0 bridgehead atoms. The van der Waals surface area contributed by atoms with Crippen LogP contribution in [0.3, 0.4) is 0 Å². The number of anilines is 3. The molecule has 0 saturated carbocycles. The van der Waals surface area contributed by atoms with E-state index in [-0.39, 0.29) is 5.91 Å². The largest absolute Gasteiger partial charge is 0.397 e. The smallest absolute Gasteiger partial charge is 0.255 e. The molecule has 1 aliphatic rings. The molecule has 4 nitrogen and oxygen atoms in total. The van der Waals surface area contributed by atoms with E-state index in [1.807, 2.05) is 31.2 Å². The van der Waals surface area contributed by atoms with Gasteiger partial charge < -0.3 is 16.0 Å². The fourth-order valence-corrected chi connectivity index (χ4v) is 3.58. The first-order valence-electron chi connectivity index (χ1n) is 8.69. The highest BCUT2D eigenvalue weighted by molar-refractivity contribution is 6.34. The molecule has 25 heavy (non-hydrogen) atoms. The Hall–Kier alpha value is -2.20. The Bertz CT molecular complexity index is 791. The van der Waals surface area contributed by atoms with Gasteiger partial charge in [-0.25, -0.2) is 0 Å². The first-order chi connectivity index (χ1) is 12.0. The molecule has 3 N–H and O–H groups in total. The number of nitrogens with one attached hydrogen (secondary N) is 1. The monoisotopic (exact) mass is 357 g/mol. The van der Waals surface area contributed by atoms with E-state index in [9.17, 15) is 4.79 Å². The maximum Gasteiger partial charge on any atom is 0.255 e. The van der Waals surface area contributed by atoms with Gasteiger partial charge >= 0.3 is 0 Å². The average Bonchev–Trinajstić information content (AvgIpc) is 2.58. The molecule has 2 aromatic carbocycles. The number of benzene rings is 2. The van der Waals surface area contributed by atoms with Crippen LogP contribution in [0.25, 0.3) is 0 Å². The topological polar surface area (TPSA) is 58.4 Å². The van der Waals surface area contributed by atoms with Gasteiger partial charge in [0.1, 0.15) is 0 Å². The van der Waals surface area contributed by atoms with Crippen molar-refractivity contribution < 1.29 is 4.79 Å². The lowest BCUT2D eigenvalue weighted by molar-refractivity contribution is 0.102. The third-order valence-electron chi connectivity index (χ3n) is 4.76. The molecule has 0 aliphatic carbocycles. The Kier molecular flexibility index (Phi) is 5.19. The van der Waals surface area contributed by atoms with Crippen molar-refractivity contribution in [2.75, 3.05) is 22.5 Å². The molecule has 3 rings (SSSR count). The molecule has 5 heteroatoms. The van der Waals surface area contributed by atoms with Crippen LogP contribution in [0, 0.1) is 6.92 Å². The summed E-state index contributed by atoms with van der Waals surface area (Å²) in [6, 6.07) is 11.5. The predicted octanol–water partition coefficient (Wildman–Crippen LogP) is 4.86. The van der Waals surface area contributed by atoms with Gasteiger partial charge in [0.05, 0.1) is 22.1 Å². The number of hydrogen-bond donors (Lipinski definition) is 2. The molecule has 1 heterocycles. The first-order valence-corrected chi connectivity index (χ1v) is 9.07. The Labute approximate surface area is 154 Å². The summed E-state index contributed by atoms with van der Waals surface area (Å²) >= 11 is 6.33. The van der Waals surface area contributed by atoms with Crippen LogP contribution in [0.2, 0.25) is 5.02 Å². The number of piperidine rings is 1. The molecule has 0 radical (unpaired) electrons. The maximum atomic E-state index is 12.5. The lowest BCUT2D eigenvalue weighted by atomic mass is 10.0. The molecular formula is C20H24ClN3O. The normalized spacial score (nSPS) is 17.4. The second kappa shape index (κ2) is 7.36. The van der Waals surface area contributed by atoms with Crippen molar-refractivity contribution in [1.82, 2.24) is 0 Å². The summed E-state index contributed by atoms with van der Waals surface area (Å²) in [4.78, 5) is 14.8. The van der Waals surface area contributed by atoms with Crippen molar-refractivity contribution in [3.63, 3.8) is 0 Å². The zero-order chi connectivity index (χ0) is 18.0. The zero-order valence-electron chi connectivity index (χ0n) is 14.7. The summed E-state index contributed by atoms with van der Waals surface area (Å²) in [5.74, 6) is -0.173. The minimum atomic E-state index is -0.173. The number of halogens is 1. The highest BCUT2D eigenvalue weighted by Crippen LogP contribution is 2.36. The standard InChI is InChI=1S/C20H24ClN3O/c1-13-6-5-8-15(10-13)20(25)23-18-12-19(17(22)11-16(18)21)24-9-4-3-7-14(24)2/h5-6,8,10-12,14H,3-4,7,9,22H2,1-2H3,(H,23,25)/t14-/m0/s1. The molecule has 0 aromatic heterocycles. The van der Waals surface area contributed by atoms with Crippen molar-refractivity contribution in [2.24, 2.45) is 0 Å². The number of carbonyl (C=O) groups is 1. The maximum absolute atomic E-state index is 12.5. The van der Waals surface area contributed by atoms with Crippen molar-refractivity contribution in [2.45, 2.75) is 39.2 Å². The van der Waals surface area contributed by atoms with Crippen molar-refractivity contribution in [1.29, 1.82) is 0 Å². The van der Waals surface area contributed by atoms with Gasteiger partial charge in [-0.15, -0.1) is 0 Å². The van der Waals surface area contributed by atoms with E-state index in [4.69, 9.17) is 17.3 Å². The van der Waals surface area contributed by atoms with Crippen LogP contribution in [0.5, 0.6) is 0 Å². The number of aryl methyl sites for hydroxylation is 1. The van der Waals surface area contributed by atoms with E-state index in [1.165, 1.54) is 6.42 Å². The highest BCUT2D eigenvalue weighted by Gasteiger charge is 2.22. The fourth-order valence-electron chi connectivity index (χ4n) is 3.36.